The molecule has 18 nitrogen and oxygen atoms in total. The van der Waals surface area contributed by atoms with Crippen LogP contribution in [0.3, 0.4) is 0 Å². The van der Waals surface area contributed by atoms with Crippen LogP contribution in [-0.4, -0.2) is 166 Å². The van der Waals surface area contributed by atoms with Gasteiger partial charge in [0.1, 0.15) is 18.1 Å². The molecule has 19 unspecified atom stereocenters. The van der Waals surface area contributed by atoms with Crippen molar-refractivity contribution in [3.8, 4) is 0 Å². The quantitative estimate of drug-likeness (QED) is 0.175. The normalized spacial score (nSPS) is 45.2. The zero-order chi connectivity index (χ0) is 48.4. The zero-order valence-electron chi connectivity index (χ0n) is 37.8. The number of hydrogen-bond donors (Lipinski definition) is 12. The third kappa shape index (κ3) is 18.8. The summed E-state index contributed by atoms with van der Waals surface area (Å²) in [5.41, 5.74) is 6.02. The number of fused-ring (bicyclic) bond motifs is 2. The molecular formula is C47H75NO17. The fourth-order valence-electron chi connectivity index (χ4n) is 8.13. The number of nitrogens with two attached hydrogens (primary N) is 1. The summed E-state index contributed by atoms with van der Waals surface area (Å²) in [5, 5.41) is 118. The van der Waals surface area contributed by atoms with Crippen LogP contribution in [-0.2, 0) is 28.5 Å². The van der Waals surface area contributed by atoms with E-state index in [0.717, 1.165) is 12.8 Å². The summed E-state index contributed by atoms with van der Waals surface area (Å²) < 4.78 is 23.2. The Kier molecular flexibility index (Phi) is 23.8. The highest BCUT2D eigenvalue weighted by Gasteiger charge is 2.51. The highest BCUT2D eigenvalue weighted by atomic mass is 16.7. The predicted octanol–water partition coefficient (Wildman–Crippen LogP) is 0.936. The van der Waals surface area contributed by atoms with E-state index in [1.165, 1.54) is 13.0 Å². The van der Waals surface area contributed by atoms with Crippen LogP contribution in [0.4, 0.5) is 0 Å². The number of carbonyl (C=O) groups excluding carboxylic acids is 1. The molecule has 0 aromatic heterocycles. The average Bonchev–Trinajstić information content (AvgIpc) is 3.21. The second-order valence-electron chi connectivity index (χ2n) is 17.8. The summed E-state index contributed by atoms with van der Waals surface area (Å²) >= 11 is 0. The van der Waals surface area contributed by atoms with Crippen LogP contribution >= 0.6 is 0 Å². The van der Waals surface area contributed by atoms with Crippen LogP contribution in [0.2, 0.25) is 0 Å². The van der Waals surface area contributed by atoms with Crippen LogP contribution in [0.15, 0.2) is 72.9 Å². The van der Waals surface area contributed by atoms with Crippen molar-refractivity contribution in [2.75, 3.05) is 0 Å². The van der Waals surface area contributed by atoms with Gasteiger partial charge in [0.2, 0.25) is 0 Å². The number of aliphatic hydroxyl groups excluding tert-OH is 9. The molecule has 3 rings (SSSR count). The number of carboxylic acids is 1. The molecule has 3 heterocycles. The van der Waals surface area contributed by atoms with Gasteiger partial charge < -0.3 is 80.9 Å². The van der Waals surface area contributed by atoms with E-state index >= 15 is 0 Å². The van der Waals surface area contributed by atoms with Gasteiger partial charge in [-0.15, -0.1) is 0 Å². The molecule has 2 saturated heterocycles. The molecule has 18 heteroatoms. The minimum Gasteiger partial charge on any atom is -0.481 e. The second kappa shape index (κ2) is 27.6. The number of esters is 1. The first-order chi connectivity index (χ1) is 30.6. The summed E-state index contributed by atoms with van der Waals surface area (Å²) in [6, 6.07) is -1.14. The van der Waals surface area contributed by atoms with Gasteiger partial charge >= 0.3 is 11.9 Å². The molecule has 0 aliphatic carbocycles. The number of hydrogen-bond acceptors (Lipinski definition) is 17. The van der Waals surface area contributed by atoms with Gasteiger partial charge in [0.15, 0.2) is 12.1 Å². The molecule has 0 saturated carbocycles. The maximum Gasteiger partial charge on any atom is 0.311 e. The van der Waals surface area contributed by atoms with Gasteiger partial charge in [-0.25, -0.2) is 0 Å². The molecule has 0 spiro atoms. The molecule has 0 radical (unpaired) electrons. The summed E-state index contributed by atoms with van der Waals surface area (Å²) in [6.07, 6.45) is 2.26. The standard InChI is InChI=1S/C47H75NO17/c1-27-17-15-13-11-9-7-5-6-8-10-12-14-16-18-34(64-46-44(58)41(48)43(57)30(4)63-46)24-38-40(45(59)60)37(54)26-47(61,65-38)25-33(51)22-36(53)35(52)20-19-31(49)21-32(50)23-39(55)62-29(3)28(2)42(27)56/h5-6,8,10-18,27-38,40-44,46,49-54,56-58,61H,7,9,19-26,48H2,1-4H3,(H,59,60)/b6-5-,10-8-,13-11-,14-12-,17-15-,18-16+. The molecule has 3 aliphatic rings. The maximum absolute atomic E-state index is 12.6. The van der Waals surface area contributed by atoms with Crippen molar-refractivity contribution in [1.29, 1.82) is 0 Å². The van der Waals surface area contributed by atoms with Crippen LogP contribution in [0.1, 0.15) is 91.9 Å². The Morgan fingerprint density at radius 2 is 1.31 bits per heavy atom. The van der Waals surface area contributed by atoms with Crippen molar-refractivity contribution < 1.29 is 84.7 Å². The molecule has 0 aromatic carbocycles. The van der Waals surface area contributed by atoms with E-state index in [2.05, 4.69) is 0 Å². The molecule has 3 aliphatic heterocycles. The second-order valence-corrected chi connectivity index (χ2v) is 17.8. The van der Waals surface area contributed by atoms with Crippen molar-refractivity contribution in [2.24, 2.45) is 23.5 Å². The third-order valence-corrected chi connectivity index (χ3v) is 12.2. The van der Waals surface area contributed by atoms with Gasteiger partial charge in [-0.2, -0.15) is 0 Å². The number of aliphatic hydroxyl groups is 10. The van der Waals surface area contributed by atoms with E-state index in [1.54, 1.807) is 38.2 Å². The highest BCUT2D eigenvalue weighted by molar-refractivity contribution is 5.71. The SMILES string of the molecule is CC1/C=C\C=C/CC\C=C/C=C\C=C/C=C/C(OC2OC(C)C(O)C(N)C2O)CC2OC(O)(CC(O)CC(O)C(O)CCC(O)CC(O)CC(=O)OC(C)C(C)C1O)CC(O)C2C(=O)O. The number of rotatable bonds is 3. The minimum absolute atomic E-state index is 0.103. The van der Waals surface area contributed by atoms with Crippen LogP contribution in [0.25, 0.3) is 0 Å². The van der Waals surface area contributed by atoms with Crippen molar-refractivity contribution in [3.63, 3.8) is 0 Å². The van der Waals surface area contributed by atoms with E-state index in [4.69, 9.17) is 24.7 Å². The summed E-state index contributed by atoms with van der Waals surface area (Å²) in [6.45, 7) is 6.78. The van der Waals surface area contributed by atoms with Crippen molar-refractivity contribution >= 4 is 11.9 Å². The van der Waals surface area contributed by atoms with Gasteiger partial charge in [-0.1, -0.05) is 86.8 Å². The van der Waals surface area contributed by atoms with Crippen LogP contribution in [0, 0.1) is 17.8 Å². The molecule has 2 bridgehead atoms. The van der Waals surface area contributed by atoms with E-state index in [-0.39, 0.29) is 31.6 Å². The highest BCUT2D eigenvalue weighted by Crippen LogP contribution is 2.38. The molecule has 19 atom stereocenters. The lowest BCUT2D eigenvalue weighted by atomic mass is 9.82. The lowest BCUT2D eigenvalue weighted by Crippen LogP contribution is -2.61. The Balaban J connectivity index is 1.84. The van der Waals surface area contributed by atoms with E-state index in [0.29, 0.717) is 0 Å². The first-order valence-corrected chi connectivity index (χ1v) is 22.6. The Hall–Kier alpha value is -3.18. The van der Waals surface area contributed by atoms with Crippen molar-refractivity contribution in [3.05, 3.63) is 72.9 Å². The van der Waals surface area contributed by atoms with Gasteiger partial charge in [0.05, 0.1) is 79.6 Å². The number of ether oxygens (including phenoxy) is 4. The number of aliphatic carboxylic acids is 1. The van der Waals surface area contributed by atoms with E-state index in [1.807, 2.05) is 49.5 Å². The number of allylic oxidation sites excluding steroid dienone is 10. The van der Waals surface area contributed by atoms with E-state index in [9.17, 15) is 65.8 Å². The lowest BCUT2D eigenvalue weighted by molar-refractivity contribution is -0.308. The summed E-state index contributed by atoms with van der Waals surface area (Å²) in [5.74, 6) is -6.77. The summed E-state index contributed by atoms with van der Waals surface area (Å²) in [7, 11) is 0. The largest absolute Gasteiger partial charge is 0.481 e. The van der Waals surface area contributed by atoms with Gasteiger partial charge in [-0.3, -0.25) is 9.59 Å². The lowest BCUT2D eigenvalue weighted by Gasteiger charge is -2.45. The Morgan fingerprint density at radius 1 is 0.692 bits per heavy atom. The average molecular weight is 926 g/mol. The molecular weight excluding hydrogens is 851 g/mol. The Morgan fingerprint density at radius 3 is 1.97 bits per heavy atom. The molecule has 0 aromatic rings. The van der Waals surface area contributed by atoms with Gasteiger partial charge in [0, 0.05) is 37.5 Å². The molecule has 65 heavy (non-hydrogen) atoms. The molecule has 2 fully saturated rings. The Labute approximate surface area is 381 Å². The topological polar surface area (TPSA) is 320 Å². The molecule has 370 valence electrons. The first-order valence-electron chi connectivity index (χ1n) is 22.6. The minimum atomic E-state index is -2.32. The molecule has 13 N–H and O–H groups in total. The zero-order valence-corrected chi connectivity index (χ0v) is 37.8. The van der Waals surface area contributed by atoms with Crippen LogP contribution < -0.4 is 5.73 Å². The molecule has 0 amide bonds. The number of carboxylic acid groups (broad SMARTS) is 1. The van der Waals surface area contributed by atoms with Gasteiger partial charge in [-0.05, 0) is 46.0 Å². The van der Waals surface area contributed by atoms with Crippen molar-refractivity contribution in [1.82, 2.24) is 0 Å². The maximum atomic E-state index is 12.6. The summed E-state index contributed by atoms with van der Waals surface area (Å²) in [4.78, 5) is 25.1. The smallest absolute Gasteiger partial charge is 0.311 e. The van der Waals surface area contributed by atoms with Crippen molar-refractivity contribution in [2.45, 2.75) is 189 Å². The number of carbonyl (C=O) groups is 2. The fourth-order valence-corrected chi connectivity index (χ4v) is 8.13. The Bertz CT molecular complexity index is 1620. The van der Waals surface area contributed by atoms with Crippen LogP contribution in [0.5, 0.6) is 0 Å². The predicted molar refractivity (Wildman–Crippen MR) is 237 cm³/mol. The van der Waals surface area contributed by atoms with E-state index < -0.39 is 147 Å². The fraction of sp³-hybridized carbons (Fsp3) is 0.702. The first kappa shape index (κ1) is 56.1. The monoisotopic (exact) mass is 926 g/mol. The van der Waals surface area contributed by atoms with Gasteiger partial charge in [0.25, 0.3) is 0 Å². The third-order valence-electron chi connectivity index (χ3n) is 12.2. The number of cyclic esters (lactones) is 1.